The number of halogens is 2. The highest BCUT2D eigenvalue weighted by atomic mass is 35.5. The molecule has 1 saturated heterocycles. The maximum atomic E-state index is 12.8. The number of hydrogen-bond acceptors (Lipinski definition) is 4. The predicted octanol–water partition coefficient (Wildman–Crippen LogP) is 4.19. The van der Waals surface area contributed by atoms with Crippen LogP contribution < -0.4 is 10.1 Å². The Labute approximate surface area is 174 Å². The zero-order valence-corrected chi connectivity index (χ0v) is 17.4. The number of hydrogen-bond donors (Lipinski definition) is 1. The standard InChI is InChI=1S/C19H20Cl2N2O4S/c20-14-7-8-17(21)18(11-14)27-13-19(24)22-15-5-4-6-16(12-15)28(25,26)23-9-2-1-3-10-23/h4-8,11-12H,1-3,9-10,13H2,(H,22,24). The summed E-state index contributed by atoms with van der Waals surface area (Å²) < 4.78 is 32.4. The number of nitrogens with zero attached hydrogens (tertiary/aromatic N) is 1. The second-order valence-electron chi connectivity index (χ2n) is 6.40. The number of rotatable bonds is 6. The van der Waals surface area contributed by atoms with Gasteiger partial charge in [-0.15, -0.1) is 0 Å². The maximum absolute atomic E-state index is 12.8. The van der Waals surface area contributed by atoms with Crippen molar-refractivity contribution in [2.75, 3.05) is 25.0 Å². The van der Waals surface area contributed by atoms with Crippen LogP contribution in [0, 0.1) is 0 Å². The third kappa shape index (κ3) is 5.17. The van der Waals surface area contributed by atoms with Gasteiger partial charge in [0.25, 0.3) is 5.91 Å². The number of ether oxygens (including phenoxy) is 1. The van der Waals surface area contributed by atoms with E-state index in [-0.39, 0.29) is 11.5 Å². The van der Waals surface area contributed by atoms with Crippen LogP contribution in [0.2, 0.25) is 10.0 Å². The minimum Gasteiger partial charge on any atom is -0.482 e. The van der Waals surface area contributed by atoms with Crippen LogP contribution in [0.5, 0.6) is 5.75 Å². The summed E-state index contributed by atoms with van der Waals surface area (Å²) in [5, 5.41) is 3.42. The van der Waals surface area contributed by atoms with Crippen molar-refractivity contribution in [1.82, 2.24) is 4.31 Å². The number of amides is 1. The maximum Gasteiger partial charge on any atom is 0.262 e. The van der Waals surface area contributed by atoms with E-state index in [1.165, 1.54) is 22.5 Å². The molecule has 1 aliphatic heterocycles. The molecule has 0 bridgehead atoms. The molecule has 0 aromatic heterocycles. The summed E-state index contributed by atoms with van der Waals surface area (Å²) in [5.74, 6) is -0.144. The molecule has 1 heterocycles. The highest BCUT2D eigenvalue weighted by molar-refractivity contribution is 7.89. The van der Waals surface area contributed by atoms with Crippen molar-refractivity contribution in [3.63, 3.8) is 0 Å². The fourth-order valence-electron chi connectivity index (χ4n) is 2.92. The Morgan fingerprint density at radius 2 is 1.82 bits per heavy atom. The molecular weight excluding hydrogens is 423 g/mol. The van der Waals surface area contributed by atoms with Crippen molar-refractivity contribution < 1.29 is 17.9 Å². The Hall–Kier alpha value is -1.80. The molecule has 1 fully saturated rings. The summed E-state index contributed by atoms with van der Waals surface area (Å²) in [6.45, 7) is 0.753. The highest BCUT2D eigenvalue weighted by Crippen LogP contribution is 2.28. The molecule has 9 heteroatoms. The largest absolute Gasteiger partial charge is 0.482 e. The fourth-order valence-corrected chi connectivity index (χ4v) is 4.81. The predicted molar refractivity (Wildman–Crippen MR) is 110 cm³/mol. The van der Waals surface area contributed by atoms with Crippen molar-refractivity contribution >= 4 is 44.8 Å². The number of nitrogens with one attached hydrogen (secondary N) is 1. The molecular formula is C19H20Cl2N2O4S. The van der Waals surface area contributed by atoms with Crippen LogP contribution in [0.1, 0.15) is 19.3 Å². The molecule has 1 aliphatic rings. The topological polar surface area (TPSA) is 75.7 Å². The lowest BCUT2D eigenvalue weighted by atomic mass is 10.2. The fraction of sp³-hybridized carbons (Fsp3) is 0.316. The number of carbonyl (C=O) groups is 1. The minimum atomic E-state index is -3.57. The van der Waals surface area contributed by atoms with Gasteiger partial charge in [0.1, 0.15) is 5.75 Å². The van der Waals surface area contributed by atoms with Crippen molar-refractivity contribution in [1.29, 1.82) is 0 Å². The van der Waals surface area contributed by atoms with Gasteiger partial charge in [-0.3, -0.25) is 4.79 Å². The molecule has 1 N–H and O–H groups in total. The van der Waals surface area contributed by atoms with Crippen LogP contribution in [0.15, 0.2) is 47.4 Å². The quantitative estimate of drug-likeness (QED) is 0.727. The highest BCUT2D eigenvalue weighted by Gasteiger charge is 2.26. The molecule has 150 valence electrons. The lowest BCUT2D eigenvalue weighted by Crippen LogP contribution is -2.35. The lowest BCUT2D eigenvalue weighted by molar-refractivity contribution is -0.118. The van der Waals surface area contributed by atoms with E-state index in [4.69, 9.17) is 27.9 Å². The van der Waals surface area contributed by atoms with Crippen molar-refractivity contribution in [2.45, 2.75) is 24.2 Å². The second kappa shape index (κ2) is 9.13. The molecule has 6 nitrogen and oxygen atoms in total. The molecule has 0 radical (unpaired) electrons. The monoisotopic (exact) mass is 442 g/mol. The van der Waals surface area contributed by atoms with E-state index in [1.54, 1.807) is 24.3 Å². The SMILES string of the molecule is O=C(COc1cc(Cl)ccc1Cl)Nc1cccc(S(=O)(=O)N2CCCCC2)c1. The third-order valence-electron chi connectivity index (χ3n) is 4.32. The zero-order valence-electron chi connectivity index (χ0n) is 15.0. The zero-order chi connectivity index (χ0) is 20.1. The summed E-state index contributed by atoms with van der Waals surface area (Å²) in [6.07, 6.45) is 2.76. The molecule has 0 spiro atoms. The van der Waals surface area contributed by atoms with Gasteiger partial charge in [-0.25, -0.2) is 8.42 Å². The first kappa shape index (κ1) is 20.9. The van der Waals surface area contributed by atoms with Gasteiger partial charge in [0.15, 0.2) is 6.61 Å². The second-order valence-corrected chi connectivity index (χ2v) is 9.19. The van der Waals surface area contributed by atoms with Crippen LogP contribution in [-0.2, 0) is 14.8 Å². The number of sulfonamides is 1. The van der Waals surface area contributed by atoms with Gasteiger partial charge in [0, 0.05) is 29.9 Å². The average Bonchev–Trinajstić information content (AvgIpc) is 2.69. The van der Waals surface area contributed by atoms with E-state index in [0.717, 1.165) is 19.3 Å². The first-order valence-electron chi connectivity index (χ1n) is 8.84. The molecule has 0 aliphatic carbocycles. The molecule has 2 aromatic carbocycles. The Morgan fingerprint density at radius 3 is 2.57 bits per heavy atom. The van der Waals surface area contributed by atoms with Gasteiger partial charge >= 0.3 is 0 Å². The van der Waals surface area contributed by atoms with Gasteiger partial charge in [-0.05, 0) is 43.2 Å². The van der Waals surface area contributed by atoms with Crippen LogP contribution in [-0.4, -0.2) is 38.3 Å². The molecule has 0 atom stereocenters. The number of anilines is 1. The molecule has 1 amide bonds. The summed E-state index contributed by atoms with van der Waals surface area (Å²) in [4.78, 5) is 12.3. The van der Waals surface area contributed by atoms with Crippen LogP contribution in [0.25, 0.3) is 0 Å². The molecule has 3 rings (SSSR count). The summed E-state index contributed by atoms with van der Waals surface area (Å²) in [5.41, 5.74) is 0.379. The van der Waals surface area contributed by atoms with Gasteiger partial charge in [0.2, 0.25) is 10.0 Å². The number of carbonyl (C=O) groups excluding carboxylic acids is 1. The number of benzene rings is 2. The lowest BCUT2D eigenvalue weighted by Gasteiger charge is -2.26. The van der Waals surface area contributed by atoms with E-state index in [0.29, 0.717) is 34.6 Å². The van der Waals surface area contributed by atoms with E-state index >= 15 is 0 Å². The molecule has 28 heavy (non-hydrogen) atoms. The molecule has 0 saturated carbocycles. The molecule has 0 unspecified atom stereocenters. The third-order valence-corrected chi connectivity index (χ3v) is 6.76. The van der Waals surface area contributed by atoms with Crippen molar-refractivity contribution in [3.05, 3.63) is 52.5 Å². The summed E-state index contributed by atoms with van der Waals surface area (Å²) >= 11 is 11.9. The van der Waals surface area contributed by atoms with E-state index < -0.39 is 15.9 Å². The smallest absolute Gasteiger partial charge is 0.262 e. The van der Waals surface area contributed by atoms with Crippen LogP contribution in [0.4, 0.5) is 5.69 Å². The van der Waals surface area contributed by atoms with E-state index in [2.05, 4.69) is 5.32 Å². The first-order chi connectivity index (χ1) is 13.4. The Bertz CT molecular complexity index is 960. The van der Waals surface area contributed by atoms with Crippen LogP contribution >= 0.6 is 23.2 Å². The molecule has 2 aromatic rings. The van der Waals surface area contributed by atoms with Gasteiger partial charge < -0.3 is 10.1 Å². The van der Waals surface area contributed by atoms with Crippen LogP contribution in [0.3, 0.4) is 0 Å². The Morgan fingerprint density at radius 1 is 1.07 bits per heavy atom. The van der Waals surface area contributed by atoms with Gasteiger partial charge in [-0.2, -0.15) is 4.31 Å². The van der Waals surface area contributed by atoms with Gasteiger partial charge in [-0.1, -0.05) is 35.7 Å². The Balaban J connectivity index is 1.65. The van der Waals surface area contributed by atoms with E-state index in [1.807, 2.05) is 0 Å². The van der Waals surface area contributed by atoms with Crippen molar-refractivity contribution in [2.24, 2.45) is 0 Å². The minimum absolute atomic E-state index is 0.158. The summed E-state index contributed by atoms with van der Waals surface area (Å²) in [7, 11) is -3.57. The average molecular weight is 443 g/mol. The number of piperidine rings is 1. The first-order valence-corrected chi connectivity index (χ1v) is 11.0. The summed E-state index contributed by atoms with van der Waals surface area (Å²) in [6, 6.07) is 10.9. The van der Waals surface area contributed by atoms with Crippen molar-refractivity contribution in [3.8, 4) is 5.75 Å². The van der Waals surface area contributed by atoms with E-state index in [9.17, 15) is 13.2 Å². The van der Waals surface area contributed by atoms with Gasteiger partial charge in [0.05, 0.1) is 9.92 Å². The Kier molecular flexibility index (Phi) is 6.82. The normalized spacial score (nSPS) is 15.2.